The van der Waals surface area contributed by atoms with Gasteiger partial charge in [-0.1, -0.05) is 29.8 Å². The van der Waals surface area contributed by atoms with Crippen LogP contribution in [0.1, 0.15) is 17.3 Å². The number of aromatic nitrogens is 2. The van der Waals surface area contributed by atoms with E-state index in [-0.39, 0.29) is 5.78 Å². The molecule has 0 radical (unpaired) electrons. The third kappa shape index (κ3) is 2.06. The Morgan fingerprint density at radius 3 is 2.65 bits per heavy atom. The largest absolute Gasteiger partial charge is 0.294 e. The first-order valence-corrected chi connectivity index (χ1v) is 6.56. The smallest absolute Gasteiger partial charge is 0.162 e. The molecule has 1 aromatic carbocycles. The number of carbonyl (C=O) groups is 1. The molecule has 0 N–H and O–H groups in total. The maximum atomic E-state index is 11.9. The standard InChI is InChI=1S/C16H11ClN2O/c1-10(20)12-9-19-16-11(5-4-6-13(16)17)15(12)14-7-2-3-8-18-14/h2-9H,1H3. The summed E-state index contributed by atoms with van der Waals surface area (Å²) in [5.74, 6) is -0.0416. The molecule has 4 heteroatoms. The summed E-state index contributed by atoms with van der Waals surface area (Å²) in [5, 5.41) is 1.40. The van der Waals surface area contributed by atoms with E-state index in [4.69, 9.17) is 11.6 Å². The number of hydrogen-bond donors (Lipinski definition) is 0. The number of Topliss-reactive ketones (excluding diaryl/α,β-unsaturated/α-hetero) is 1. The highest BCUT2D eigenvalue weighted by atomic mass is 35.5. The lowest BCUT2D eigenvalue weighted by Gasteiger charge is -2.10. The van der Waals surface area contributed by atoms with Crippen molar-refractivity contribution < 1.29 is 4.79 Å². The zero-order chi connectivity index (χ0) is 14.1. The van der Waals surface area contributed by atoms with Crippen LogP contribution in [0.15, 0.2) is 48.8 Å². The summed E-state index contributed by atoms with van der Waals surface area (Å²) in [6.45, 7) is 1.53. The van der Waals surface area contributed by atoms with Crippen molar-refractivity contribution in [2.75, 3.05) is 0 Å². The first-order valence-electron chi connectivity index (χ1n) is 6.18. The normalized spacial score (nSPS) is 10.7. The predicted molar refractivity (Wildman–Crippen MR) is 80.0 cm³/mol. The Bertz CT molecular complexity index is 800. The third-order valence-corrected chi connectivity index (χ3v) is 3.45. The summed E-state index contributed by atoms with van der Waals surface area (Å²) >= 11 is 6.18. The van der Waals surface area contributed by atoms with Crippen LogP contribution in [0.5, 0.6) is 0 Å². The van der Waals surface area contributed by atoms with Crippen molar-refractivity contribution in [3.05, 3.63) is 59.4 Å². The van der Waals surface area contributed by atoms with Gasteiger partial charge in [0, 0.05) is 28.9 Å². The van der Waals surface area contributed by atoms with E-state index in [1.807, 2.05) is 30.3 Å². The minimum atomic E-state index is -0.0416. The number of pyridine rings is 2. The van der Waals surface area contributed by atoms with Gasteiger partial charge in [-0.05, 0) is 25.1 Å². The Kier molecular flexibility index (Phi) is 3.20. The Balaban J connectivity index is 2.45. The number of halogens is 1. The van der Waals surface area contributed by atoms with Crippen molar-refractivity contribution in [1.29, 1.82) is 0 Å². The molecule has 0 bridgehead atoms. The Labute approximate surface area is 121 Å². The first-order chi connectivity index (χ1) is 9.68. The second-order valence-corrected chi connectivity index (χ2v) is 4.86. The van der Waals surface area contributed by atoms with Crippen LogP contribution in [-0.4, -0.2) is 15.8 Å². The quantitative estimate of drug-likeness (QED) is 0.663. The monoisotopic (exact) mass is 282 g/mol. The van der Waals surface area contributed by atoms with Crippen LogP contribution in [-0.2, 0) is 0 Å². The van der Waals surface area contributed by atoms with Crippen molar-refractivity contribution in [3.63, 3.8) is 0 Å². The zero-order valence-electron chi connectivity index (χ0n) is 10.8. The van der Waals surface area contributed by atoms with Crippen molar-refractivity contribution in [3.8, 4) is 11.3 Å². The van der Waals surface area contributed by atoms with Gasteiger partial charge in [-0.2, -0.15) is 0 Å². The van der Waals surface area contributed by atoms with Gasteiger partial charge < -0.3 is 0 Å². The van der Waals surface area contributed by atoms with Crippen LogP contribution in [0.2, 0.25) is 5.02 Å². The van der Waals surface area contributed by atoms with Crippen molar-refractivity contribution in [2.45, 2.75) is 6.92 Å². The van der Waals surface area contributed by atoms with Crippen molar-refractivity contribution >= 4 is 28.3 Å². The van der Waals surface area contributed by atoms with Crippen LogP contribution in [0.3, 0.4) is 0 Å². The minimum absolute atomic E-state index is 0.0416. The average Bonchev–Trinajstić information content (AvgIpc) is 2.47. The van der Waals surface area contributed by atoms with E-state index in [9.17, 15) is 4.79 Å². The molecule has 0 amide bonds. The number of carbonyl (C=O) groups excluding carboxylic acids is 1. The average molecular weight is 283 g/mol. The lowest BCUT2D eigenvalue weighted by Crippen LogP contribution is -2.00. The summed E-state index contributed by atoms with van der Waals surface area (Å²) in [6, 6.07) is 11.2. The summed E-state index contributed by atoms with van der Waals surface area (Å²) in [7, 11) is 0. The second kappa shape index (κ2) is 5.02. The van der Waals surface area contributed by atoms with Crippen LogP contribution < -0.4 is 0 Å². The summed E-state index contributed by atoms with van der Waals surface area (Å²) in [5.41, 5.74) is 2.76. The van der Waals surface area contributed by atoms with Gasteiger partial charge in [0.15, 0.2) is 5.78 Å². The highest BCUT2D eigenvalue weighted by Gasteiger charge is 2.16. The molecule has 0 spiro atoms. The maximum absolute atomic E-state index is 11.9. The number of benzene rings is 1. The fourth-order valence-electron chi connectivity index (χ4n) is 2.24. The molecule has 2 aromatic heterocycles. The minimum Gasteiger partial charge on any atom is -0.294 e. The fourth-order valence-corrected chi connectivity index (χ4v) is 2.46. The van der Waals surface area contributed by atoms with Crippen LogP contribution >= 0.6 is 11.6 Å². The molecule has 0 saturated carbocycles. The lowest BCUT2D eigenvalue weighted by atomic mass is 9.98. The number of rotatable bonds is 2. The molecule has 0 aliphatic rings. The summed E-state index contributed by atoms with van der Waals surface area (Å²) in [4.78, 5) is 20.5. The Hall–Kier alpha value is -2.26. The van der Waals surface area contributed by atoms with Crippen LogP contribution in [0.25, 0.3) is 22.2 Å². The van der Waals surface area contributed by atoms with Gasteiger partial charge in [-0.25, -0.2) is 0 Å². The van der Waals surface area contributed by atoms with Gasteiger partial charge in [-0.3, -0.25) is 14.8 Å². The van der Waals surface area contributed by atoms with E-state index in [1.165, 1.54) is 6.92 Å². The van der Waals surface area contributed by atoms with Crippen LogP contribution in [0.4, 0.5) is 0 Å². The molecule has 20 heavy (non-hydrogen) atoms. The molecule has 0 aliphatic carbocycles. The molecule has 3 aromatic rings. The summed E-state index contributed by atoms with van der Waals surface area (Å²) < 4.78 is 0. The number of ketones is 1. The van der Waals surface area contributed by atoms with E-state index in [2.05, 4.69) is 9.97 Å². The topological polar surface area (TPSA) is 42.9 Å². The zero-order valence-corrected chi connectivity index (χ0v) is 11.6. The van der Waals surface area contributed by atoms with Gasteiger partial charge in [0.05, 0.1) is 16.2 Å². The number of fused-ring (bicyclic) bond motifs is 1. The van der Waals surface area contributed by atoms with E-state index in [0.717, 1.165) is 16.6 Å². The van der Waals surface area contributed by atoms with Gasteiger partial charge in [-0.15, -0.1) is 0 Å². The van der Waals surface area contributed by atoms with Crippen LogP contribution in [0, 0.1) is 0 Å². The molecule has 3 rings (SSSR count). The molecule has 0 unspecified atom stereocenters. The number of para-hydroxylation sites is 1. The Morgan fingerprint density at radius 1 is 1.10 bits per heavy atom. The maximum Gasteiger partial charge on any atom is 0.162 e. The molecule has 0 aliphatic heterocycles. The number of nitrogens with zero attached hydrogens (tertiary/aromatic N) is 2. The molecule has 2 heterocycles. The fraction of sp³-hybridized carbons (Fsp3) is 0.0625. The second-order valence-electron chi connectivity index (χ2n) is 4.45. The first kappa shape index (κ1) is 12.8. The predicted octanol–water partition coefficient (Wildman–Crippen LogP) is 4.15. The summed E-state index contributed by atoms with van der Waals surface area (Å²) in [6.07, 6.45) is 3.27. The van der Waals surface area contributed by atoms with Gasteiger partial charge in [0.2, 0.25) is 0 Å². The van der Waals surface area contributed by atoms with Gasteiger partial charge in [0.1, 0.15) is 0 Å². The molecular weight excluding hydrogens is 272 g/mol. The van der Waals surface area contributed by atoms with E-state index in [0.29, 0.717) is 16.1 Å². The van der Waals surface area contributed by atoms with Gasteiger partial charge >= 0.3 is 0 Å². The molecule has 0 saturated heterocycles. The molecule has 3 nitrogen and oxygen atoms in total. The molecule has 0 fully saturated rings. The highest BCUT2D eigenvalue weighted by molar-refractivity contribution is 6.35. The molecule has 0 atom stereocenters. The third-order valence-electron chi connectivity index (χ3n) is 3.15. The van der Waals surface area contributed by atoms with Crippen molar-refractivity contribution in [2.24, 2.45) is 0 Å². The van der Waals surface area contributed by atoms with Crippen molar-refractivity contribution in [1.82, 2.24) is 9.97 Å². The number of hydrogen-bond acceptors (Lipinski definition) is 3. The molecule has 98 valence electrons. The van der Waals surface area contributed by atoms with E-state index >= 15 is 0 Å². The highest BCUT2D eigenvalue weighted by Crippen LogP contribution is 2.32. The Morgan fingerprint density at radius 2 is 1.95 bits per heavy atom. The van der Waals surface area contributed by atoms with E-state index in [1.54, 1.807) is 18.5 Å². The van der Waals surface area contributed by atoms with E-state index < -0.39 is 0 Å². The SMILES string of the molecule is CC(=O)c1cnc2c(Cl)cccc2c1-c1ccccn1. The lowest BCUT2D eigenvalue weighted by molar-refractivity contribution is 0.101. The van der Waals surface area contributed by atoms with Gasteiger partial charge in [0.25, 0.3) is 0 Å². The molecular formula is C16H11ClN2O.